The van der Waals surface area contributed by atoms with Crippen LogP contribution in [0.5, 0.6) is 0 Å². The van der Waals surface area contributed by atoms with Crippen molar-refractivity contribution in [1.82, 2.24) is 5.43 Å². The molecule has 0 aliphatic heterocycles. The highest BCUT2D eigenvalue weighted by Crippen LogP contribution is 2.14. The second-order valence-corrected chi connectivity index (χ2v) is 3.98. The van der Waals surface area contributed by atoms with E-state index in [0.29, 0.717) is 0 Å². The van der Waals surface area contributed by atoms with Crippen LogP contribution in [0.3, 0.4) is 0 Å². The van der Waals surface area contributed by atoms with E-state index < -0.39 is 18.3 Å². The smallest absolute Gasteiger partial charge is 0.364 e. The lowest BCUT2D eigenvalue weighted by molar-refractivity contribution is -0.170. The Kier molecular flexibility index (Phi) is 5.02. The van der Waals surface area contributed by atoms with E-state index in [4.69, 9.17) is 5.84 Å². The van der Waals surface area contributed by atoms with Crippen LogP contribution in [0.2, 0.25) is 0 Å². The van der Waals surface area contributed by atoms with Crippen molar-refractivity contribution in [1.29, 1.82) is 0 Å². The molecule has 0 atom stereocenters. The Morgan fingerprint density at radius 1 is 1.33 bits per heavy atom. The van der Waals surface area contributed by atoms with E-state index in [1.165, 1.54) is 0 Å². The molecular formula is C8H16F3N3O. The molecule has 15 heavy (non-hydrogen) atoms. The third-order valence-corrected chi connectivity index (χ3v) is 1.14. The highest BCUT2D eigenvalue weighted by Gasteiger charge is 2.27. The van der Waals surface area contributed by atoms with Gasteiger partial charge in [0.25, 0.3) is 0 Å². The summed E-state index contributed by atoms with van der Waals surface area (Å²) in [6.45, 7) is 3.81. The lowest BCUT2D eigenvalue weighted by atomic mass is 10.1. The van der Waals surface area contributed by atoms with E-state index in [-0.39, 0.29) is 12.4 Å². The predicted octanol–water partition coefficient (Wildman–Crippen LogP) is 1.23. The lowest BCUT2D eigenvalue weighted by Gasteiger charge is -2.16. The summed E-state index contributed by atoms with van der Waals surface area (Å²) in [7, 11) is 0. The van der Waals surface area contributed by atoms with Gasteiger partial charge in [0.2, 0.25) is 0 Å². The van der Waals surface area contributed by atoms with Gasteiger partial charge in [0, 0.05) is 0 Å². The maximum Gasteiger partial charge on any atom is 0.411 e. The Morgan fingerprint density at radius 2 is 1.87 bits per heavy atom. The Balaban J connectivity index is 4.08. The van der Waals surface area contributed by atoms with E-state index in [2.05, 4.69) is 15.2 Å². The van der Waals surface area contributed by atoms with Crippen molar-refractivity contribution in [3.05, 3.63) is 0 Å². The molecule has 0 aliphatic carbocycles. The molecule has 0 bridgehead atoms. The molecule has 0 radical (unpaired) electrons. The molecule has 0 aromatic heterocycles. The number of nitrogens with zero attached hydrogens (tertiary/aromatic N) is 1. The Labute approximate surface area is 86.7 Å². The Bertz CT molecular complexity index is 220. The predicted molar refractivity (Wildman–Crippen MR) is 51.4 cm³/mol. The van der Waals surface area contributed by atoms with Crippen molar-refractivity contribution in [3.63, 3.8) is 0 Å². The summed E-state index contributed by atoms with van der Waals surface area (Å²) >= 11 is 0. The first kappa shape index (κ1) is 14.2. The molecular weight excluding hydrogens is 211 g/mol. The van der Waals surface area contributed by atoms with Gasteiger partial charge in [-0.05, 0) is 20.8 Å². The summed E-state index contributed by atoms with van der Waals surface area (Å²) in [6, 6.07) is 0. The molecule has 4 nitrogen and oxygen atoms in total. The standard InChI is InChI=1S/C8H16F3N3O/c1-7(2,3)13-6(14-12)4-15-5-8(9,10)11/h4-5,12H2,1-3H3,(H,13,14). The summed E-state index contributed by atoms with van der Waals surface area (Å²) in [4.78, 5) is 4.04. The van der Waals surface area contributed by atoms with Crippen molar-refractivity contribution in [2.75, 3.05) is 13.2 Å². The molecule has 0 aromatic carbocycles. The molecule has 0 saturated carbocycles. The van der Waals surface area contributed by atoms with Gasteiger partial charge >= 0.3 is 6.18 Å². The number of nitrogens with one attached hydrogen (secondary N) is 1. The van der Waals surface area contributed by atoms with Crippen LogP contribution in [0.1, 0.15) is 20.8 Å². The molecule has 0 unspecified atom stereocenters. The van der Waals surface area contributed by atoms with Gasteiger partial charge in [-0.3, -0.25) is 4.99 Å². The van der Waals surface area contributed by atoms with Gasteiger partial charge in [0.05, 0.1) is 5.54 Å². The third kappa shape index (κ3) is 9.48. The first-order valence-corrected chi connectivity index (χ1v) is 4.34. The number of amidine groups is 1. The van der Waals surface area contributed by atoms with E-state index in [1.807, 2.05) is 0 Å². The molecule has 0 heterocycles. The van der Waals surface area contributed by atoms with Crippen molar-refractivity contribution in [3.8, 4) is 0 Å². The molecule has 0 rings (SSSR count). The zero-order valence-electron chi connectivity index (χ0n) is 8.98. The minimum absolute atomic E-state index is 0.187. The van der Waals surface area contributed by atoms with Crippen LogP contribution in [0.25, 0.3) is 0 Å². The van der Waals surface area contributed by atoms with E-state index >= 15 is 0 Å². The van der Waals surface area contributed by atoms with Crippen LogP contribution >= 0.6 is 0 Å². The Hall–Kier alpha value is -0.820. The highest BCUT2D eigenvalue weighted by atomic mass is 19.4. The molecule has 0 aromatic rings. The monoisotopic (exact) mass is 227 g/mol. The second kappa shape index (κ2) is 5.32. The van der Waals surface area contributed by atoms with Crippen LogP contribution in [-0.2, 0) is 4.74 Å². The van der Waals surface area contributed by atoms with Crippen molar-refractivity contribution in [2.24, 2.45) is 10.8 Å². The van der Waals surface area contributed by atoms with Crippen LogP contribution in [0.15, 0.2) is 4.99 Å². The van der Waals surface area contributed by atoms with Crippen molar-refractivity contribution < 1.29 is 17.9 Å². The van der Waals surface area contributed by atoms with Crippen LogP contribution < -0.4 is 11.3 Å². The number of ether oxygens (including phenoxy) is 1. The van der Waals surface area contributed by atoms with Crippen molar-refractivity contribution in [2.45, 2.75) is 32.5 Å². The fourth-order valence-corrected chi connectivity index (χ4v) is 0.775. The van der Waals surface area contributed by atoms with Crippen LogP contribution in [0, 0.1) is 0 Å². The number of alkyl halides is 3. The third-order valence-electron chi connectivity index (χ3n) is 1.14. The topological polar surface area (TPSA) is 59.6 Å². The van der Waals surface area contributed by atoms with Gasteiger partial charge in [-0.25, -0.2) is 5.84 Å². The number of halogens is 3. The van der Waals surface area contributed by atoms with Gasteiger partial charge in [-0.1, -0.05) is 0 Å². The zero-order valence-corrected chi connectivity index (χ0v) is 8.98. The largest absolute Gasteiger partial charge is 0.411 e. The summed E-state index contributed by atoms with van der Waals surface area (Å²) in [5, 5.41) is 0. The molecule has 90 valence electrons. The summed E-state index contributed by atoms with van der Waals surface area (Å²) in [5.74, 6) is 5.27. The summed E-state index contributed by atoms with van der Waals surface area (Å²) in [5.41, 5.74) is 1.79. The van der Waals surface area contributed by atoms with Gasteiger partial charge in [-0.15, -0.1) is 0 Å². The molecule has 7 heteroatoms. The number of hydrogen-bond donors (Lipinski definition) is 2. The van der Waals surface area contributed by atoms with Gasteiger partial charge in [0.15, 0.2) is 0 Å². The minimum atomic E-state index is -4.33. The van der Waals surface area contributed by atoms with Gasteiger partial charge in [0.1, 0.15) is 19.0 Å². The summed E-state index contributed by atoms with van der Waals surface area (Å²) in [6.07, 6.45) is -4.33. The average molecular weight is 227 g/mol. The number of hydrazine groups is 1. The fourth-order valence-electron chi connectivity index (χ4n) is 0.775. The zero-order chi connectivity index (χ0) is 12.1. The molecule has 0 fully saturated rings. The summed E-state index contributed by atoms with van der Waals surface area (Å²) < 4.78 is 39.6. The molecule has 3 N–H and O–H groups in total. The van der Waals surface area contributed by atoms with E-state index in [1.54, 1.807) is 20.8 Å². The molecule has 0 spiro atoms. The quantitative estimate of drug-likeness (QED) is 0.330. The van der Waals surface area contributed by atoms with Crippen LogP contribution in [0.4, 0.5) is 13.2 Å². The molecule has 0 aliphatic rings. The number of nitrogens with two attached hydrogens (primary N) is 1. The molecule has 0 saturated heterocycles. The average Bonchev–Trinajstić information content (AvgIpc) is 1.97. The minimum Gasteiger partial charge on any atom is -0.364 e. The van der Waals surface area contributed by atoms with Gasteiger partial charge in [-0.2, -0.15) is 13.2 Å². The number of aliphatic imine (C=N–C) groups is 1. The van der Waals surface area contributed by atoms with Crippen LogP contribution in [-0.4, -0.2) is 30.8 Å². The fraction of sp³-hybridized carbons (Fsp3) is 0.875. The number of rotatable bonds is 3. The number of hydrogen-bond acceptors (Lipinski definition) is 3. The maximum absolute atomic E-state index is 11.7. The maximum atomic E-state index is 11.7. The van der Waals surface area contributed by atoms with E-state index in [9.17, 15) is 13.2 Å². The first-order chi connectivity index (χ1) is 6.64. The van der Waals surface area contributed by atoms with Crippen molar-refractivity contribution >= 4 is 5.84 Å². The molecule has 0 amide bonds. The Morgan fingerprint density at radius 3 is 2.20 bits per heavy atom. The van der Waals surface area contributed by atoms with E-state index in [0.717, 1.165) is 0 Å². The second-order valence-electron chi connectivity index (χ2n) is 3.98. The van der Waals surface area contributed by atoms with Gasteiger partial charge < -0.3 is 10.2 Å². The SMILES string of the molecule is CC(C)(C)N=C(COCC(F)(F)F)NN. The lowest BCUT2D eigenvalue weighted by Crippen LogP contribution is -2.37. The first-order valence-electron chi connectivity index (χ1n) is 4.34. The normalized spacial score (nSPS) is 14.2. The highest BCUT2D eigenvalue weighted by molar-refractivity contribution is 5.83.